The predicted molar refractivity (Wildman–Crippen MR) is 113 cm³/mol. The molecular weight excluding hydrogens is 418 g/mol. The third kappa shape index (κ3) is 4.09. The Morgan fingerprint density at radius 1 is 1.22 bits per heavy atom. The third-order valence-electron chi connectivity index (χ3n) is 6.29. The van der Waals surface area contributed by atoms with Crippen molar-refractivity contribution in [3.05, 3.63) is 59.7 Å². The van der Waals surface area contributed by atoms with Gasteiger partial charge in [-0.1, -0.05) is 6.58 Å². The van der Waals surface area contributed by atoms with E-state index in [-0.39, 0.29) is 11.8 Å². The van der Waals surface area contributed by atoms with Gasteiger partial charge in [-0.25, -0.2) is 18.7 Å². The molecule has 0 saturated carbocycles. The fraction of sp³-hybridized carbons (Fsp3) is 0.478. The first-order valence-electron chi connectivity index (χ1n) is 10.7. The smallest absolute Gasteiger partial charge is 0.257 e. The highest BCUT2D eigenvalue weighted by atomic mass is 19.1. The molecule has 1 spiro atoms. The van der Waals surface area contributed by atoms with Crippen LogP contribution in [0, 0.1) is 6.92 Å². The van der Waals surface area contributed by atoms with Gasteiger partial charge in [0.05, 0.1) is 17.4 Å². The number of fused-ring (bicyclic) bond motifs is 1. The van der Waals surface area contributed by atoms with Crippen LogP contribution in [-0.4, -0.2) is 62.5 Å². The highest BCUT2D eigenvalue weighted by Gasteiger charge is 2.58. The fourth-order valence-corrected chi connectivity index (χ4v) is 4.67. The molecule has 7 nitrogen and oxygen atoms in total. The Labute approximate surface area is 185 Å². The lowest BCUT2D eigenvalue weighted by molar-refractivity contribution is -0.142. The number of halogens is 2. The Balaban J connectivity index is 1.43. The predicted octanol–water partition coefficient (Wildman–Crippen LogP) is 3.39. The zero-order chi connectivity index (χ0) is 23.0. The van der Waals surface area contributed by atoms with Crippen LogP contribution in [0.25, 0.3) is 0 Å². The van der Waals surface area contributed by atoms with Gasteiger partial charge in [-0.3, -0.25) is 9.59 Å². The van der Waals surface area contributed by atoms with Crippen LogP contribution in [-0.2, 0) is 9.53 Å². The molecule has 1 aromatic rings. The van der Waals surface area contributed by atoms with Gasteiger partial charge in [0.2, 0.25) is 0 Å². The molecule has 0 aliphatic carbocycles. The molecule has 2 atom stereocenters. The lowest BCUT2D eigenvalue weighted by Gasteiger charge is -2.37. The van der Waals surface area contributed by atoms with E-state index in [2.05, 4.69) is 16.5 Å². The molecule has 3 fully saturated rings. The van der Waals surface area contributed by atoms with Crippen molar-refractivity contribution in [2.75, 3.05) is 13.1 Å². The van der Waals surface area contributed by atoms with Crippen molar-refractivity contribution in [3.8, 4) is 0 Å². The van der Waals surface area contributed by atoms with E-state index in [0.717, 1.165) is 13.0 Å². The van der Waals surface area contributed by atoms with Gasteiger partial charge >= 0.3 is 0 Å². The maximum atomic E-state index is 13.9. The summed E-state index contributed by atoms with van der Waals surface area (Å²) in [5, 5.41) is 0. The van der Waals surface area contributed by atoms with E-state index in [4.69, 9.17) is 4.74 Å². The first kappa shape index (κ1) is 22.3. The molecule has 3 aliphatic heterocycles. The molecule has 0 aromatic carbocycles. The fourth-order valence-electron chi connectivity index (χ4n) is 4.67. The Hall–Kier alpha value is -2.94. The summed E-state index contributed by atoms with van der Waals surface area (Å²) < 4.78 is 33.1. The van der Waals surface area contributed by atoms with Gasteiger partial charge in [0, 0.05) is 44.4 Å². The number of aryl methyl sites for hydroxylation is 1. The van der Waals surface area contributed by atoms with E-state index in [0.29, 0.717) is 55.7 Å². The van der Waals surface area contributed by atoms with Gasteiger partial charge in [0.1, 0.15) is 17.9 Å². The summed E-state index contributed by atoms with van der Waals surface area (Å²) in [6, 6.07) is -0.393. The highest BCUT2D eigenvalue weighted by Crippen LogP contribution is 2.44. The lowest BCUT2D eigenvalue weighted by atomic mass is 9.89. The minimum atomic E-state index is -0.984. The average molecular weight is 444 g/mol. The van der Waals surface area contributed by atoms with Crippen LogP contribution in [0.4, 0.5) is 8.78 Å². The third-order valence-corrected chi connectivity index (χ3v) is 6.29. The normalized spacial score (nSPS) is 25.4. The highest BCUT2D eigenvalue weighted by molar-refractivity contribution is 5.94. The number of hydrogen-bond acceptors (Lipinski definition) is 5. The first-order valence-corrected chi connectivity index (χ1v) is 10.7. The second-order valence-electron chi connectivity index (χ2n) is 8.52. The summed E-state index contributed by atoms with van der Waals surface area (Å²) in [6.07, 6.45) is 6.54. The quantitative estimate of drug-likeness (QED) is 0.666. The number of nitrogens with zero attached hydrogens (tertiary/aromatic N) is 4. The number of amides is 2. The number of piperidine rings is 1. The lowest BCUT2D eigenvalue weighted by Crippen LogP contribution is -2.52. The summed E-state index contributed by atoms with van der Waals surface area (Å²) in [5.74, 6) is -1.12. The Morgan fingerprint density at radius 2 is 1.88 bits per heavy atom. The zero-order valence-corrected chi connectivity index (χ0v) is 18.2. The van der Waals surface area contributed by atoms with Gasteiger partial charge in [-0.2, -0.15) is 0 Å². The molecule has 0 N–H and O–H groups in total. The number of ether oxygens (including phenoxy) is 1. The summed E-state index contributed by atoms with van der Waals surface area (Å²) in [4.78, 5) is 37.6. The first-order chi connectivity index (χ1) is 15.2. The summed E-state index contributed by atoms with van der Waals surface area (Å²) in [7, 11) is 0. The SMILES string of the molecule is C=C(/C=C(F)\C=C(/C)F)[C@@H]1CC[C@H]2OC3(CCN(C(=O)c4cnc(C)nc4)CC3)C(=O)N21. The molecule has 0 bridgehead atoms. The van der Waals surface area contributed by atoms with Crippen LogP contribution in [0.2, 0.25) is 0 Å². The molecule has 3 saturated heterocycles. The molecule has 1 aromatic heterocycles. The van der Waals surface area contributed by atoms with Crippen molar-refractivity contribution in [2.24, 2.45) is 0 Å². The van der Waals surface area contributed by atoms with Crippen molar-refractivity contribution in [3.63, 3.8) is 0 Å². The number of allylic oxidation sites excluding steroid dienone is 3. The molecule has 4 heterocycles. The molecule has 0 unspecified atom stereocenters. The Bertz CT molecular complexity index is 993. The van der Waals surface area contributed by atoms with Crippen LogP contribution >= 0.6 is 0 Å². The van der Waals surface area contributed by atoms with Crippen molar-refractivity contribution in [1.82, 2.24) is 19.8 Å². The van der Waals surface area contributed by atoms with Crippen LogP contribution in [0.5, 0.6) is 0 Å². The van der Waals surface area contributed by atoms with E-state index >= 15 is 0 Å². The van der Waals surface area contributed by atoms with E-state index in [1.807, 2.05) is 0 Å². The molecule has 170 valence electrons. The van der Waals surface area contributed by atoms with E-state index in [1.165, 1.54) is 18.5 Å². The van der Waals surface area contributed by atoms with Gasteiger partial charge in [-0.05, 0) is 38.3 Å². The number of carbonyl (C=O) groups excluding carboxylic acids is 2. The number of aromatic nitrogens is 2. The number of rotatable bonds is 4. The summed E-state index contributed by atoms with van der Waals surface area (Å²) in [6.45, 7) is 7.56. The average Bonchev–Trinajstić information content (AvgIpc) is 3.26. The minimum absolute atomic E-state index is 0.150. The molecule has 9 heteroatoms. The largest absolute Gasteiger partial charge is 0.342 e. The molecule has 3 aliphatic rings. The van der Waals surface area contributed by atoms with Gasteiger partial charge in [-0.15, -0.1) is 0 Å². The van der Waals surface area contributed by atoms with E-state index in [9.17, 15) is 18.4 Å². The maximum absolute atomic E-state index is 13.9. The van der Waals surface area contributed by atoms with Crippen molar-refractivity contribution in [2.45, 2.75) is 57.4 Å². The van der Waals surface area contributed by atoms with Crippen LogP contribution in [0.3, 0.4) is 0 Å². The zero-order valence-electron chi connectivity index (χ0n) is 18.2. The monoisotopic (exact) mass is 444 g/mol. The number of carbonyl (C=O) groups is 2. The summed E-state index contributed by atoms with van der Waals surface area (Å²) >= 11 is 0. The number of hydrogen-bond donors (Lipinski definition) is 0. The van der Waals surface area contributed by atoms with Crippen LogP contribution < -0.4 is 0 Å². The Morgan fingerprint density at radius 3 is 2.50 bits per heavy atom. The van der Waals surface area contributed by atoms with Crippen molar-refractivity contribution in [1.29, 1.82) is 0 Å². The van der Waals surface area contributed by atoms with Gasteiger partial charge in [0.15, 0.2) is 5.60 Å². The van der Waals surface area contributed by atoms with Crippen LogP contribution in [0.1, 0.15) is 48.8 Å². The minimum Gasteiger partial charge on any atom is -0.342 e. The molecule has 2 amide bonds. The van der Waals surface area contributed by atoms with Gasteiger partial charge in [0.25, 0.3) is 11.8 Å². The van der Waals surface area contributed by atoms with Gasteiger partial charge < -0.3 is 14.5 Å². The van der Waals surface area contributed by atoms with Crippen LogP contribution in [0.15, 0.2) is 48.4 Å². The maximum Gasteiger partial charge on any atom is 0.257 e. The van der Waals surface area contributed by atoms with Crippen molar-refractivity contribution >= 4 is 11.8 Å². The Kier molecular flexibility index (Phi) is 5.94. The van der Waals surface area contributed by atoms with Crippen molar-refractivity contribution < 1.29 is 23.1 Å². The summed E-state index contributed by atoms with van der Waals surface area (Å²) in [5.41, 5.74) is -0.168. The standard InChI is InChI=1S/C23H26F2N4O3/c1-14(10-18(25)11-15(2)24)19-4-5-20-29(19)22(31)23(32-20)6-8-28(9-7-23)21(30)17-12-26-16(3)27-13-17/h10-13,19-20H,1,4-9H2,2-3H3/b15-11+,18-10+/t19-,20+/m0/s1. The van der Waals surface area contributed by atoms with E-state index in [1.54, 1.807) is 16.7 Å². The second-order valence-corrected chi connectivity index (χ2v) is 8.52. The second kappa shape index (κ2) is 8.54. The topological polar surface area (TPSA) is 75.6 Å². The molecular formula is C23H26F2N4O3. The molecule has 4 rings (SSSR count). The molecule has 32 heavy (non-hydrogen) atoms. The number of likely N-dealkylation sites (tertiary alicyclic amines) is 1. The molecule has 0 radical (unpaired) electrons. The van der Waals surface area contributed by atoms with E-state index < -0.39 is 29.5 Å².